The minimum atomic E-state index is 1.13. The lowest BCUT2D eigenvalue weighted by Crippen LogP contribution is -2.10. The molecule has 60 heavy (non-hydrogen) atoms. The van der Waals surface area contributed by atoms with Gasteiger partial charge in [0, 0.05) is 73.3 Å². The topological polar surface area (TPSA) is 8.17 Å². The number of fused-ring (bicyclic) bond motifs is 12. The van der Waals surface area contributed by atoms with Gasteiger partial charge in [-0.1, -0.05) is 133 Å². The second-order valence-corrected chi connectivity index (χ2v) is 17.8. The van der Waals surface area contributed by atoms with Crippen molar-refractivity contribution < 1.29 is 0 Å². The van der Waals surface area contributed by atoms with Crippen molar-refractivity contribution in [1.82, 2.24) is 4.57 Å². The predicted octanol–water partition coefficient (Wildman–Crippen LogP) is 17.0. The highest BCUT2D eigenvalue weighted by atomic mass is 32.1. The van der Waals surface area contributed by atoms with Crippen LogP contribution in [0.15, 0.2) is 206 Å². The summed E-state index contributed by atoms with van der Waals surface area (Å²) < 4.78 is 7.77. The lowest BCUT2D eigenvalue weighted by Gasteiger charge is -2.28. The number of hydrogen-bond acceptors (Lipinski definition) is 3. The van der Waals surface area contributed by atoms with Crippen LogP contribution in [0, 0.1) is 0 Å². The molecule has 0 saturated carbocycles. The van der Waals surface area contributed by atoms with E-state index in [1.165, 1.54) is 101 Å². The van der Waals surface area contributed by atoms with Gasteiger partial charge in [-0.25, -0.2) is 0 Å². The molecule has 2 nitrogen and oxygen atoms in total. The molecule has 0 aliphatic rings. The fourth-order valence-corrected chi connectivity index (χ4v) is 12.0. The molecule has 0 bridgehead atoms. The minimum absolute atomic E-state index is 1.13. The lowest BCUT2D eigenvalue weighted by molar-refractivity contribution is 1.20. The quantitative estimate of drug-likeness (QED) is 0.168. The van der Waals surface area contributed by atoms with Gasteiger partial charge < -0.3 is 9.47 Å². The van der Waals surface area contributed by atoms with Crippen LogP contribution >= 0.6 is 22.7 Å². The predicted molar refractivity (Wildman–Crippen MR) is 262 cm³/mol. The highest BCUT2D eigenvalue weighted by Gasteiger charge is 2.22. The van der Waals surface area contributed by atoms with Crippen LogP contribution in [0.1, 0.15) is 0 Å². The Kier molecular flexibility index (Phi) is 7.38. The summed E-state index contributed by atoms with van der Waals surface area (Å²) >= 11 is 3.74. The molecule has 10 aromatic carbocycles. The van der Waals surface area contributed by atoms with Gasteiger partial charge in [-0.05, 0) is 94.7 Å². The van der Waals surface area contributed by atoms with E-state index >= 15 is 0 Å². The number of para-hydroxylation sites is 2. The summed E-state index contributed by atoms with van der Waals surface area (Å²) in [4.78, 5) is 2.43. The van der Waals surface area contributed by atoms with Gasteiger partial charge in [0.2, 0.25) is 0 Å². The van der Waals surface area contributed by atoms with Gasteiger partial charge >= 0.3 is 0 Å². The molecule has 0 fully saturated rings. The molecule has 13 aromatic rings. The number of benzene rings is 10. The van der Waals surface area contributed by atoms with E-state index in [0.717, 1.165) is 17.1 Å². The van der Waals surface area contributed by atoms with Crippen LogP contribution in [-0.2, 0) is 0 Å². The summed E-state index contributed by atoms with van der Waals surface area (Å²) in [5.41, 5.74) is 9.50. The molecular weight excluding hydrogens is 765 g/mol. The molecule has 0 aliphatic heterocycles. The van der Waals surface area contributed by atoms with Crippen LogP contribution in [0.25, 0.3) is 101 Å². The summed E-state index contributed by atoms with van der Waals surface area (Å²) in [6.45, 7) is 0. The van der Waals surface area contributed by atoms with Crippen LogP contribution in [0.3, 0.4) is 0 Å². The molecule has 0 amide bonds. The Morgan fingerprint density at radius 3 is 1.68 bits per heavy atom. The summed E-state index contributed by atoms with van der Waals surface area (Å²) in [5, 5.41) is 12.8. The number of hydrogen-bond donors (Lipinski definition) is 0. The maximum Gasteiger partial charge on any atom is 0.0548 e. The third-order valence-electron chi connectivity index (χ3n) is 12.4. The van der Waals surface area contributed by atoms with Crippen LogP contribution in [0.4, 0.5) is 17.1 Å². The Labute approximate surface area is 354 Å². The molecule has 0 atom stereocenters. The Morgan fingerprint density at radius 1 is 0.317 bits per heavy atom. The van der Waals surface area contributed by atoms with Crippen molar-refractivity contribution in [3.63, 3.8) is 0 Å². The zero-order valence-corrected chi connectivity index (χ0v) is 34.0. The molecule has 0 radical (unpaired) electrons. The van der Waals surface area contributed by atoms with Crippen molar-refractivity contribution in [3.8, 4) is 16.8 Å². The first-order chi connectivity index (χ1) is 29.8. The number of anilines is 3. The first kappa shape index (κ1) is 33.7. The van der Waals surface area contributed by atoms with E-state index in [2.05, 4.69) is 216 Å². The Morgan fingerprint density at radius 2 is 0.883 bits per heavy atom. The highest BCUT2D eigenvalue weighted by Crippen LogP contribution is 2.47. The monoisotopic (exact) mass is 798 g/mol. The summed E-state index contributed by atoms with van der Waals surface area (Å²) in [6, 6.07) is 76.1. The lowest BCUT2D eigenvalue weighted by atomic mass is 9.92. The zero-order valence-electron chi connectivity index (χ0n) is 32.3. The van der Waals surface area contributed by atoms with Crippen LogP contribution in [0.5, 0.6) is 0 Å². The van der Waals surface area contributed by atoms with E-state index in [-0.39, 0.29) is 0 Å². The van der Waals surface area contributed by atoms with Crippen molar-refractivity contribution in [1.29, 1.82) is 0 Å². The molecule has 3 aromatic heterocycles. The molecular formula is C56H34N2S2. The SMILES string of the molecule is c1ccc(N(c2ccc3sc4ccccc4c3c2)c2ccc(-c3ccc(-n4c5ccccc5c5c6c(ccc54)sc4ccccc46)c4ccccc34)c3ccccc23)cc1. The molecule has 0 unspecified atom stereocenters. The highest BCUT2D eigenvalue weighted by molar-refractivity contribution is 7.26. The van der Waals surface area contributed by atoms with Crippen LogP contribution < -0.4 is 4.90 Å². The van der Waals surface area contributed by atoms with Gasteiger partial charge in [0.15, 0.2) is 0 Å². The fraction of sp³-hybridized carbons (Fsp3) is 0. The van der Waals surface area contributed by atoms with Gasteiger partial charge in [-0.3, -0.25) is 0 Å². The summed E-state index contributed by atoms with van der Waals surface area (Å²) in [5.74, 6) is 0. The van der Waals surface area contributed by atoms with Crippen molar-refractivity contribution in [3.05, 3.63) is 206 Å². The minimum Gasteiger partial charge on any atom is -0.310 e. The van der Waals surface area contributed by atoms with E-state index in [4.69, 9.17) is 0 Å². The van der Waals surface area contributed by atoms with E-state index in [0.29, 0.717) is 0 Å². The maximum atomic E-state index is 2.50. The maximum absolute atomic E-state index is 2.50. The molecule has 0 aliphatic carbocycles. The smallest absolute Gasteiger partial charge is 0.0548 e. The van der Waals surface area contributed by atoms with Crippen LogP contribution in [-0.4, -0.2) is 4.57 Å². The first-order valence-electron chi connectivity index (χ1n) is 20.4. The molecule has 0 saturated heterocycles. The second-order valence-electron chi connectivity index (χ2n) is 15.6. The fourth-order valence-electron chi connectivity index (χ4n) is 9.82. The Hall–Kier alpha value is -7.24. The number of nitrogens with zero attached hydrogens (tertiary/aromatic N) is 2. The van der Waals surface area contributed by atoms with Gasteiger partial charge in [0.1, 0.15) is 0 Å². The normalized spacial score (nSPS) is 12.0. The average Bonchev–Trinajstić information content (AvgIpc) is 3.99. The van der Waals surface area contributed by atoms with E-state index in [1.54, 1.807) is 0 Å². The van der Waals surface area contributed by atoms with E-state index in [1.807, 2.05) is 22.7 Å². The van der Waals surface area contributed by atoms with E-state index in [9.17, 15) is 0 Å². The second kappa shape index (κ2) is 13.1. The molecule has 3 heterocycles. The van der Waals surface area contributed by atoms with Gasteiger partial charge in [0.25, 0.3) is 0 Å². The molecule has 0 spiro atoms. The summed E-state index contributed by atoms with van der Waals surface area (Å²) in [6.07, 6.45) is 0. The Balaban J connectivity index is 1.02. The molecule has 280 valence electrons. The van der Waals surface area contributed by atoms with Crippen molar-refractivity contribution in [2.45, 2.75) is 0 Å². The number of aromatic nitrogens is 1. The largest absolute Gasteiger partial charge is 0.310 e. The van der Waals surface area contributed by atoms with Crippen LogP contribution in [0.2, 0.25) is 0 Å². The molecule has 13 rings (SSSR count). The van der Waals surface area contributed by atoms with E-state index < -0.39 is 0 Å². The van der Waals surface area contributed by atoms with Crippen molar-refractivity contribution in [2.75, 3.05) is 4.90 Å². The molecule has 0 N–H and O–H groups in total. The Bertz CT molecular complexity index is 3850. The third-order valence-corrected chi connectivity index (χ3v) is 14.7. The molecule has 4 heteroatoms. The zero-order chi connectivity index (χ0) is 39.3. The first-order valence-corrected chi connectivity index (χ1v) is 22.1. The third kappa shape index (κ3) is 4.92. The van der Waals surface area contributed by atoms with Crippen molar-refractivity contribution in [2.24, 2.45) is 0 Å². The van der Waals surface area contributed by atoms with Gasteiger partial charge in [-0.2, -0.15) is 0 Å². The standard InChI is InChI=1S/C56H34N2S2/c1-2-14-35(15-3-1)57(36-26-32-53-46(34-36)43-20-9-12-24-51(43)59-53)48-29-27-39(37-16-4-6-18-41(37)48)40-28-30-49(42-19-7-5-17-38(40)42)58-47-23-11-8-21-44(47)55-50(58)31-33-54-56(55)45-22-10-13-25-52(45)60-54/h1-34H. The van der Waals surface area contributed by atoms with Gasteiger partial charge in [-0.15, -0.1) is 22.7 Å². The average molecular weight is 799 g/mol. The number of rotatable bonds is 5. The van der Waals surface area contributed by atoms with Gasteiger partial charge in [0.05, 0.1) is 22.4 Å². The number of thiophene rings is 2. The summed E-state index contributed by atoms with van der Waals surface area (Å²) in [7, 11) is 0. The van der Waals surface area contributed by atoms with Crippen molar-refractivity contribution >= 4 is 123 Å².